The van der Waals surface area contributed by atoms with Crippen molar-refractivity contribution in [2.24, 2.45) is 0 Å². The van der Waals surface area contributed by atoms with Gasteiger partial charge in [0.1, 0.15) is 29.1 Å². The zero-order valence-electron chi connectivity index (χ0n) is 12.4. The van der Waals surface area contributed by atoms with Gasteiger partial charge in [0, 0.05) is 0 Å². The Kier molecular flexibility index (Phi) is 5.65. The van der Waals surface area contributed by atoms with E-state index in [2.05, 4.69) is 20.0 Å². The maximum Gasteiger partial charge on any atom is 0.387 e. The highest BCUT2D eigenvalue weighted by Crippen LogP contribution is 2.31. The molecule has 1 N–H and O–H groups in total. The lowest BCUT2D eigenvalue weighted by molar-refractivity contribution is -0.0498. The lowest BCUT2D eigenvalue weighted by atomic mass is 10.1. The first-order valence-corrected chi connectivity index (χ1v) is 7.22. The van der Waals surface area contributed by atoms with Crippen molar-refractivity contribution in [3.05, 3.63) is 46.9 Å². The van der Waals surface area contributed by atoms with Gasteiger partial charge in [0.15, 0.2) is 0 Å². The van der Waals surface area contributed by atoms with Gasteiger partial charge in [-0.1, -0.05) is 23.7 Å². The van der Waals surface area contributed by atoms with Crippen molar-refractivity contribution in [1.82, 2.24) is 9.97 Å². The zero-order chi connectivity index (χ0) is 17.0. The van der Waals surface area contributed by atoms with E-state index in [-0.39, 0.29) is 28.3 Å². The van der Waals surface area contributed by atoms with Gasteiger partial charge in [-0.3, -0.25) is 0 Å². The third-order valence-corrected chi connectivity index (χ3v) is 3.50. The van der Waals surface area contributed by atoms with E-state index in [1.165, 1.54) is 25.4 Å². The van der Waals surface area contributed by atoms with Crippen molar-refractivity contribution >= 4 is 17.4 Å². The predicted octanol–water partition coefficient (Wildman–Crippen LogP) is 4.94. The summed E-state index contributed by atoms with van der Waals surface area (Å²) >= 11 is 6.08. The molecular formula is C15H15ClF3N3O. The van der Waals surface area contributed by atoms with Gasteiger partial charge in [-0.05, 0) is 31.5 Å². The number of hydrogen-bond acceptors (Lipinski definition) is 4. The molecule has 0 aliphatic heterocycles. The maximum atomic E-state index is 13.4. The summed E-state index contributed by atoms with van der Waals surface area (Å²) in [6, 6.07) is 5.94. The first-order chi connectivity index (χ1) is 10.9. The fourth-order valence-electron chi connectivity index (χ4n) is 2.01. The van der Waals surface area contributed by atoms with Crippen LogP contribution >= 0.6 is 11.6 Å². The third-order valence-electron chi connectivity index (χ3n) is 3.13. The highest BCUT2D eigenvalue weighted by Gasteiger charge is 2.17. The number of benzene rings is 1. The molecule has 2 unspecified atom stereocenters. The third kappa shape index (κ3) is 4.48. The number of hydrogen-bond donors (Lipinski definition) is 1. The van der Waals surface area contributed by atoms with Crippen LogP contribution in [0.15, 0.2) is 30.6 Å². The number of ether oxygens (including phenoxy) is 1. The van der Waals surface area contributed by atoms with Crippen molar-refractivity contribution in [1.29, 1.82) is 0 Å². The van der Waals surface area contributed by atoms with E-state index in [1.54, 1.807) is 19.1 Å². The van der Waals surface area contributed by atoms with E-state index in [4.69, 9.17) is 11.6 Å². The maximum absolute atomic E-state index is 13.4. The molecule has 1 heterocycles. The molecule has 2 aromatic rings. The Morgan fingerprint density at radius 1 is 1.17 bits per heavy atom. The molecule has 0 fully saturated rings. The molecule has 0 bridgehead atoms. The summed E-state index contributed by atoms with van der Waals surface area (Å²) in [6.45, 7) is 0.226. The van der Waals surface area contributed by atoms with E-state index in [9.17, 15) is 13.2 Å². The van der Waals surface area contributed by atoms with Crippen LogP contribution in [0.4, 0.5) is 19.0 Å². The van der Waals surface area contributed by atoms with E-state index < -0.39 is 12.8 Å². The summed E-state index contributed by atoms with van der Waals surface area (Å²) in [5.41, 5.74) is 0.777. The highest BCUT2D eigenvalue weighted by atomic mass is 35.5. The van der Waals surface area contributed by atoms with Crippen LogP contribution < -0.4 is 10.1 Å². The Morgan fingerprint density at radius 2 is 1.91 bits per heavy atom. The first kappa shape index (κ1) is 17.3. The average Bonchev–Trinajstić information content (AvgIpc) is 2.48. The molecule has 0 amide bonds. The fourth-order valence-corrected chi connectivity index (χ4v) is 2.31. The second-order valence-corrected chi connectivity index (χ2v) is 5.23. The van der Waals surface area contributed by atoms with Crippen LogP contribution in [0.2, 0.25) is 5.02 Å². The molecule has 0 saturated carbocycles. The molecule has 0 saturated heterocycles. The molecule has 0 spiro atoms. The minimum absolute atomic E-state index is 0.0537. The molecule has 8 heteroatoms. The largest absolute Gasteiger partial charge is 0.435 e. The monoisotopic (exact) mass is 345 g/mol. The van der Waals surface area contributed by atoms with Gasteiger partial charge in [-0.2, -0.15) is 8.78 Å². The smallest absolute Gasteiger partial charge is 0.387 e. The van der Waals surface area contributed by atoms with E-state index in [0.29, 0.717) is 5.56 Å². The van der Waals surface area contributed by atoms with Crippen LogP contribution in [0.3, 0.4) is 0 Å². The number of anilines is 1. The van der Waals surface area contributed by atoms with Crippen molar-refractivity contribution in [3.63, 3.8) is 0 Å². The molecule has 1 aromatic carbocycles. The van der Waals surface area contributed by atoms with Crippen LogP contribution in [0.1, 0.15) is 37.3 Å². The minimum atomic E-state index is -2.89. The Bertz CT molecular complexity index is 670. The summed E-state index contributed by atoms with van der Waals surface area (Å²) < 4.78 is 42.3. The van der Waals surface area contributed by atoms with Gasteiger partial charge in [0.2, 0.25) is 0 Å². The molecule has 0 aliphatic rings. The van der Waals surface area contributed by atoms with Crippen LogP contribution in [0.5, 0.6) is 5.75 Å². The first-order valence-electron chi connectivity index (χ1n) is 6.84. The van der Waals surface area contributed by atoms with E-state index >= 15 is 0 Å². The Balaban J connectivity index is 2.19. The predicted molar refractivity (Wildman–Crippen MR) is 81.7 cm³/mol. The average molecular weight is 346 g/mol. The number of rotatable bonds is 6. The van der Waals surface area contributed by atoms with Crippen LogP contribution in [-0.2, 0) is 0 Å². The molecule has 0 radical (unpaired) electrons. The number of aromatic nitrogens is 2. The van der Waals surface area contributed by atoms with Gasteiger partial charge in [0.25, 0.3) is 0 Å². The normalized spacial score (nSPS) is 13.7. The van der Waals surface area contributed by atoms with E-state index in [1.807, 2.05) is 0 Å². The lowest BCUT2D eigenvalue weighted by Gasteiger charge is -2.17. The Hall–Kier alpha value is -2.02. The molecule has 2 atom stereocenters. The molecule has 1 aromatic heterocycles. The number of nitrogens with zero attached hydrogens (tertiary/aromatic N) is 2. The minimum Gasteiger partial charge on any atom is -0.435 e. The molecule has 23 heavy (non-hydrogen) atoms. The Labute approximate surface area is 136 Å². The van der Waals surface area contributed by atoms with Gasteiger partial charge >= 0.3 is 6.61 Å². The quantitative estimate of drug-likeness (QED) is 0.806. The summed E-state index contributed by atoms with van der Waals surface area (Å²) in [6.07, 6.45) is -0.119. The molecule has 4 nitrogen and oxygen atoms in total. The summed E-state index contributed by atoms with van der Waals surface area (Å²) in [5, 5.41) is 3.10. The second kappa shape index (κ2) is 7.50. The van der Waals surface area contributed by atoms with Crippen LogP contribution in [0.25, 0.3) is 0 Å². The van der Waals surface area contributed by atoms with Crippen LogP contribution in [-0.4, -0.2) is 16.6 Å². The van der Waals surface area contributed by atoms with Gasteiger partial charge in [0.05, 0.1) is 11.7 Å². The number of halogens is 4. The molecule has 124 valence electrons. The second-order valence-electron chi connectivity index (χ2n) is 4.85. The van der Waals surface area contributed by atoms with Crippen LogP contribution in [0, 0.1) is 0 Å². The Morgan fingerprint density at radius 3 is 2.57 bits per heavy atom. The summed E-state index contributed by atoms with van der Waals surface area (Å²) in [4.78, 5) is 7.79. The van der Waals surface area contributed by atoms with E-state index in [0.717, 1.165) is 0 Å². The lowest BCUT2D eigenvalue weighted by Crippen LogP contribution is -2.10. The highest BCUT2D eigenvalue weighted by molar-refractivity contribution is 6.33. The number of alkyl halides is 3. The number of nitrogens with one attached hydrogen (secondary N) is 1. The molecule has 0 aliphatic carbocycles. The van der Waals surface area contributed by atoms with Crippen molar-refractivity contribution < 1.29 is 17.9 Å². The van der Waals surface area contributed by atoms with Gasteiger partial charge < -0.3 is 10.1 Å². The summed E-state index contributed by atoms with van der Waals surface area (Å²) in [7, 11) is 0. The standard InChI is InChI=1S/C15H15ClF3N3O/c1-8(17)13-12(16)14(21-7-20-13)22-9(2)10-4-3-5-11(6-10)23-15(18)19/h3-9,15H,1-2H3,(H,20,21,22). The SMILES string of the molecule is CC(F)c1ncnc(NC(C)c2cccc(OC(F)F)c2)c1Cl. The topological polar surface area (TPSA) is 47.0 Å². The van der Waals surface area contributed by atoms with Gasteiger partial charge in [-0.15, -0.1) is 0 Å². The van der Waals surface area contributed by atoms with Gasteiger partial charge in [-0.25, -0.2) is 14.4 Å². The molecule has 2 rings (SSSR count). The van der Waals surface area contributed by atoms with Crippen molar-refractivity contribution in [3.8, 4) is 5.75 Å². The summed E-state index contributed by atoms with van der Waals surface area (Å²) in [5.74, 6) is 0.326. The molecular weight excluding hydrogens is 331 g/mol. The van der Waals surface area contributed by atoms with Crippen molar-refractivity contribution in [2.75, 3.05) is 5.32 Å². The van der Waals surface area contributed by atoms with Crippen molar-refractivity contribution in [2.45, 2.75) is 32.7 Å². The fraction of sp³-hybridized carbons (Fsp3) is 0.333. The zero-order valence-corrected chi connectivity index (χ0v) is 13.2.